The molecule has 1 saturated carbocycles. The molecule has 0 aliphatic heterocycles. The lowest BCUT2D eigenvalue weighted by molar-refractivity contribution is -0.146. The summed E-state index contributed by atoms with van der Waals surface area (Å²) in [6, 6.07) is 0. The third kappa shape index (κ3) is 2.82. The summed E-state index contributed by atoms with van der Waals surface area (Å²) in [5.41, 5.74) is 0. The van der Waals surface area contributed by atoms with Gasteiger partial charge in [-0.1, -0.05) is 6.42 Å². The highest BCUT2D eigenvalue weighted by molar-refractivity contribution is 7.09. The van der Waals surface area contributed by atoms with E-state index in [0.29, 0.717) is 19.4 Å². The van der Waals surface area contributed by atoms with Crippen LogP contribution in [-0.4, -0.2) is 22.0 Å². The first-order valence-corrected chi connectivity index (χ1v) is 6.45. The van der Waals surface area contributed by atoms with Gasteiger partial charge in [-0.25, -0.2) is 4.98 Å². The van der Waals surface area contributed by atoms with Gasteiger partial charge in [-0.15, -0.1) is 11.3 Å². The average molecular weight is 254 g/mol. The molecule has 0 spiro atoms. The molecule has 0 unspecified atom stereocenters. The Labute approximate surface area is 103 Å². The van der Waals surface area contributed by atoms with E-state index in [1.807, 2.05) is 5.38 Å². The first-order valence-electron chi connectivity index (χ1n) is 5.57. The number of carbonyl (C=O) groups excluding carboxylic acids is 1. The number of aliphatic carboxylic acids is 1. The van der Waals surface area contributed by atoms with E-state index in [0.717, 1.165) is 11.4 Å². The molecule has 0 saturated heterocycles. The van der Waals surface area contributed by atoms with Crippen LogP contribution in [0.2, 0.25) is 0 Å². The Kier molecular flexibility index (Phi) is 3.73. The van der Waals surface area contributed by atoms with Crippen LogP contribution in [0.1, 0.15) is 24.3 Å². The summed E-state index contributed by atoms with van der Waals surface area (Å²) >= 11 is 1.47. The van der Waals surface area contributed by atoms with Gasteiger partial charge in [0.2, 0.25) is 5.91 Å². The summed E-state index contributed by atoms with van der Waals surface area (Å²) in [7, 11) is 0. The molecule has 1 aromatic heterocycles. The number of aromatic nitrogens is 1. The second kappa shape index (κ2) is 5.27. The molecular weight excluding hydrogens is 240 g/mol. The maximum atomic E-state index is 11.9. The number of nitrogens with one attached hydrogen (secondary N) is 1. The quantitative estimate of drug-likeness (QED) is 0.847. The van der Waals surface area contributed by atoms with Crippen LogP contribution in [0.3, 0.4) is 0 Å². The molecule has 2 atom stereocenters. The van der Waals surface area contributed by atoms with Gasteiger partial charge in [0.05, 0.1) is 18.4 Å². The predicted molar refractivity (Wildman–Crippen MR) is 62.4 cm³/mol. The van der Waals surface area contributed by atoms with Crippen LogP contribution in [0, 0.1) is 11.8 Å². The van der Waals surface area contributed by atoms with Crippen LogP contribution in [-0.2, 0) is 16.1 Å². The van der Waals surface area contributed by atoms with Crippen molar-refractivity contribution in [1.82, 2.24) is 10.3 Å². The van der Waals surface area contributed by atoms with Gasteiger partial charge in [0, 0.05) is 11.6 Å². The second-order valence-electron chi connectivity index (χ2n) is 4.13. The van der Waals surface area contributed by atoms with Gasteiger partial charge in [-0.3, -0.25) is 9.59 Å². The zero-order valence-corrected chi connectivity index (χ0v) is 10.1. The number of hydrogen-bond donors (Lipinski definition) is 2. The van der Waals surface area contributed by atoms with Crippen molar-refractivity contribution in [2.45, 2.75) is 25.8 Å². The normalized spacial score (nSPS) is 23.5. The maximum absolute atomic E-state index is 11.9. The molecule has 92 valence electrons. The van der Waals surface area contributed by atoms with Crippen molar-refractivity contribution >= 4 is 23.2 Å². The fraction of sp³-hybridized carbons (Fsp3) is 0.545. The molecule has 2 N–H and O–H groups in total. The van der Waals surface area contributed by atoms with Crippen molar-refractivity contribution in [3.8, 4) is 0 Å². The van der Waals surface area contributed by atoms with Gasteiger partial charge in [0.15, 0.2) is 0 Å². The molecule has 1 aliphatic rings. The number of amides is 1. The van der Waals surface area contributed by atoms with Crippen LogP contribution in [0.15, 0.2) is 11.6 Å². The molecule has 6 heteroatoms. The lowest BCUT2D eigenvalue weighted by Crippen LogP contribution is -2.34. The Morgan fingerprint density at radius 1 is 1.47 bits per heavy atom. The van der Waals surface area contributed by atoms with E-state index in [1.165, 1.54) is 11.3 Å². The van der Waals surface area contributed by atoms with E-state index in [9.17, 15) is 9.59 Å². The molecular formula is C11H14N2O3S. The second-order valence-corrected chi connectivity index (χ2v) is 5.10. The number of carbonyl (C=O) groups is 2. The molecule has 1 fully saturated rings. The molecule has 1 heterocycles. The Morgan fingerprint density at radius 3 is 2.88 bits per heavy atom. The first kappa shape index (κ1) is 12.0. The minimum absolute atomic E-state index is 0.162. The Hall–Kier alpha value is -1.43. The van der Waals surface area contributed by atoms with Crippen LogP contribution >= 0.6 is 11.3 Å². The minimum atomic E-state index is -0.864. The molecule has 2 rings (SSSR count). The number of rotatable bonds is 4. The summed E-state index contributed by atoms with van der Waals surface area (Å²) in [6.07, 6.45) is 3.76. The maximum Gasteiger partial charge on any atom is 0.307 e. The van der Waals surface area contributed by atoms with E-state index < -0.39 is 11.9 Å². The fourth-order valence-electron chi connectivity index (χ4n) is 2.20. The van der Waals surface area contributed by atoms with Gasteiger partial charge in [-0.2, -0.15) is 0 Å². The molecule has 0 bridgehead atoms. The smallest absolute Gasteiger partial charge is 0.307 e. The Balaban J connectivity index is 1.89. The molecule has 1 aromatic rings. The van der Waals surface area contributed by atoms with E-state index in [2.05, 4.69) is 10.3 Å². The molecule has 0 aromatic carbocycles. The zero-order chi connectivity index (χ0) is 12.3. The number of nitrogens with zero attached hydrogens (tertiary/aromatic N) is 1. The largest absolute Gasteiger partial charge is 0.481 e. The lowest BCUT2D eigenvalue weighted by atomic mass is 9.95. The first-order chi connectivity index (χ1) is 8.18. The summed E-state index contributed by atoms with van der Waals surface area (Å²) in [4.78, 5) is 26.9. The van der Waals surface area contributed by atoms with Gasteiger partial charge in [0.1, 0.15) is 5.01 Å². The Bertz CT molecular complexity index is 405. The Morgan fingerprint density at radius 2 is 2.24 bits per heavy atom. The average Bonchev–Trinajstić information content (AvgIpc) is 2.96. The van der Waals surface area contributed by atoms with Crippen LogP contribution < -0.4 is 5.32 Å². The van der Waals surface area contributed by atoms with Crippen LogP contribution in [0.25, 0.3) is 0 Å². The SMILES string of the molecule is O=C(O)[C@H]1CCC[C@H]1C(=O)NCc1nccs1. The highest BCUT2D eigenvalue weighted by Crippen LogP contribution is 2.32. The lowest BCUT2D eigenvalue weighted by Gasteiger charge is -2.14. The van der Waals surface area contributed by atoms with Crippen molar-refractivity contribution in [2.75, 3.05) is 0 Å². The molecule has 5 nitrogen and oxygen atoms in total. The topological polar surface area (TPSA) is 79.3 Å². The summed E-state index contributed by atoms with van der Waals surface area (Å²) in [5, 5.41) is 14.4. The summed E-state index contributed by atoms with van der Waals surface area (Å²) < 4.78 is 0. The van der Waals surface area contributed by atoms with E-state index in [-0.39, 0.29) is 11.8 Å². The number of hydrogen-bond acceptors (Lipinski definition) is 4. The standard InChI is InChI=1S/C11H14N2O3S/c14-10(13-6-9-12-4-5-17-9)7-2-1-3-8(7)11(15)16/h4-5,7-8H,1-3,6H2,(H,13,14)(H,15,16)/t7-,8+/m1/s1. The van der Waals surface area contributed by atoms with Crippen LogP contribution in [0.5, 0.6) is 0 Å². The number of thiazole rings is 1. The van der Waals surface area contributed by atoms with Crippen molar-refractivity contribution in [2.24, 2.45) is 11.8 Å². The predicted octanol–water partition coefficient (Wildman–Crippen LogP) is 1.26. The third-order valence-electron chi connectivity index (χ3n) is 3.07. The molecule has 0 radical (unpaired) electrons. The molecule has 1 amide bonds. The number of carboxylic acid groups (broad SMARTS) is 1. The highest BCUT2D eigenvalue weighted by Gasteiger charge is 2.37. The molecule has 1 aliphatic carbocycles. The molecule has 17 heavy (non-hydrogen) atoms. The van der Waals surface area contributed by atoms with Gasteiger partial charge in [-0.05, 0) is 12.8 Å². The summed E-state index contributed by atoms with van der Waals surface area (Å²) in [6.45, 7) is 0.388. The van der Waals surface area contributed by atoms with Crippen molar-refractivity contribution in [3.63, 3.8) is 0 Å². The van der Waals surface area contributed by atoms with Crippen molar-refractivity contribution in [1.29, 1.82) is 0 Å². The third-order valence-corrected chi connectivity index (χ3v) is 3.85. The fourth-order valence-corrected chi connectivity index (χ4v) is 2.76. The number of carboxylic acids is 1. The van der Waals surface area contributed by atoms with E-state index in [1.54, 1.807) is 6.20 Å². The minimum Gasteiger partial charge on any atom is -0.481 e. The van der Waals surface area contributed by atoms with Gasteiger partial charge < -0.3 is 10.4 Å². The van der Waals surface area contributed by atoms with Gasteiger partial charge >= 0.3 is 5.97 Å². The van der Waals surface area contributed by atoms with Crippen molar-refractivity contribution < 1.29 is 14.7 Å². The highest BCUT2D eigenvalue weighted by atomic mass is 32.1. The monoisotopic (exact) mass is 254 g/mol. The van der Waals surface area contributed by atoms with Crippen LogP contribution in [0.4, 0.5) is 0 Å². The van der Waals surface area contributed by atoms with Crippen molar-refractivity contribution in [3.05, 3.63) is 16.6 Å². The zero-order valence-electron chi connectivity index (χ0n) is 9.26. The van der Waals surface area contributed by atoms with E-state index in [4.69, 9.17) is 5.11 Å². The van der Waals surface area contributed by atoms with E-state index >= 15 is 0 Å². The van der Waals surface area contributed by atoms with Gasteiger partial charge in [0.25, 0.3) is 0 Å². The summed E-state index contributed by atoms with van der Waals surface area (Å²) in [5.74, 6) is -1.93.